The Balaban J connectivity index is 4.81. The summed E-state index contributed by atoms with van der Waals surface area (Å²) in [4.78, 5) is 22.6. The molecule has 0 aliphatic heterocycles. The fourth-order valence-corrected chi connectivity index (χ4v) is 0.436. The molecule has 6 nitrogen and oxygen atoms in total. The van der Waals surface area contributed by atoms with Crippen LogP contribution >= 0.6 is 0 Å². The number of carbonyl (C=O) groups is 2. The van der Waals surface area contributed by atoms with Crippen molar-refractivity contribution in [2.75, 3.05) is 0 Å². The zero-order valence-electron chi connectivity index (χ0n) is 9.61. The van der Waals surface area contributed by atoms with Crippen molar-refractivity contribution in [3.63, 3.8) is 0 Å². The van der Waals surface area contributed by atoms with Crippen molar-refractivity contribution < 1.29 is 9.59 Å². The molecule has 2 amide bonds. The van der Waals surface area contributed by atoms with Crippen LogP contribution in [0.3, 0.4) is 0 Å². The van der Waals surface area contributed by atoms with Crippen LogP contribution in [0.5, 0.6) is 0 Å². The normalized spacial score (nSPS) is 11.9. The molecular weight excluding hydrogens is 208 g/mol. The van der Waals surface area contributed by atoms with Gasteiger partial charge in [0, 0.05) is 0 Å². The Morgan fingerprint density at radius 3 is 1.31 bits per heavy atom. The SMILES string of the molecule is CC(C)(C#N)C(=O)N=NC(=O)C(C)(C)C#N. The average Bonchev–Trinajstić information content (AvgIpc) is 2.24. The molecular formula is C10H12N4O2. The summed E-state index contributed by atoms with van der Waals surface area (Å²) in [6, 6.07) is 3.48. The van der Waals surface area contributed by atoms with Gasteiger partial charge in [-0.05, 0) is 27.7 Å². The maximum Gasteiger partial charge on any atom is 0.284 e. The first kappa shape index (κ1) is 13.9. The van der Waals surface area contributed by atoms with Gasteiger partial charge < -0.3 is 0 Å². The molecule has 0 aliphatic rings. The minimum absolute atomic E-state index is 0.808. The van der Waals surface area contributed by atoms with E-state index in [1.165, 1.54) is 27.7 Å². The van der Waals surface area contributed by atoms with Gasteiger partial charge in [-0.2, -0.15) is 10.5 Å². The molecule has 6 heteroatoms. The van der Waals surface area contributed by atoms with E-state index in [1.807, 2.05) is 0 Å². The lowest BCUT2D eigenvalue weighted by atomic mass is 9.95. The van der Waals surface area contributed by atoms with Crippen LogP contribution in [0.1, 0.15) is 27.7 Å². The van der Waals surface area contributed by atoms with Gasteiger partial charge >= 0.3 is 0 Å². The summed E-state index contributed by atoms with van der Waals surface area (Å²) in [5, 5.41) is 23.5. The molecule has 0 rings (SSSR count). The standard InChI is InChI=1S/C10H12N4O2/c1-9(2,5-11)7(15)13-14-8(16)10(3,4)6-12/h1-4H3. The predicted molar refractivity (Wildman–Crippen MR) is 53.7 cm³/mol. The molecule has 0 spiro atoms. The molecule has 0 N–H and O–H groups in total. The Morgan fingerprint density at radius 2 is 1.12 bits per heavy atom. The molecule has 0 saturated carbocycles. The number of carbonyl (C=O) groups excluding carboxylic acids is 2. The van der Waals surface area contributed by atoms with Crippen molar-refractivity contribution in [3.05, 3.63) is 0 Å². The maximum absolute atomic E-state index is 11.3. The average molecular weight is 220 g/mol. The van der Waals surface area contributed by atoms with Gasteiger partial charge in [0.1, 0.15) is 10.8 Å². The minimum Gasteiger partial charge on any atom is -0.269 e. The summed E-state index contributed by atoms with van der Waals surface area (Å²) in [7, 11) is 0. The molecule has 0 aliphatic carbocycles. The van der Waals surface area contributed by atoms with E-state index in [2.05, 4.69) is 10.2 Å². The van der Waals surface area contributed by atoms with Gasteiger partial charge in [-0.15, -0.1) is 10.2 Å². The number of rotatable bonds is 2. The highest BCUT2D eigenvalue weighted by atomic mass is 16.2. The second-order valence-electron chi connectivity index (χ2n) is 4.28. The summed E-state index contributed by atoms with van der Waals surface area (Å²) in [6.45, 7) is 5.48. The van der Waals surface area contributed by atoms with E-state index in [0.717, 1.165) is 0 Å². The molecule has 0 atom stereocenters. The third-order valence-electron chi connectivity index (χ3n) is 1.86. The predicted octanol–water partition coefficient (Wildman–Crippen LogP) is 1.59. The van der Waals surface area contributed by atoms with E-state index in [9.17, 15) is 9.59 Å². The number of azo groups is 1. The van der Waals surface area contributed by atoms with Gasteiger partial charge in [-0.3, -0.25) is 9.59 Å². The number of hydrogen-bond acceptors (Lipinski definition) is 4. The lowest BCUT2D eigenvalue weighted by Gasteiger charge is -2.09. The van der Waals surface area contributed by atoms with Crippen LogP contribution in [-0.2, 0) is 9.59 Å². The largest absolute Gasteiger partial charge is 0.284 e. The zero-order valence-corrected chi connectivity index (χ0v) is 9.61. The number of hydrogen-bond donors (Lipinski definition) is 0. The highest BCUT2D eigenvalue weighted by Gasteiger charge is 2.30. The second-order valence-corrected chi connectivity index (χ2v) is 4.28. The van der Waals surface area contributed by atoms with Crippen LogP contribution in [0.4, 0.5) is 0 Å². The smallest absolute Gasteiger partial charge is 0.269 e. The molecule has 0 bridgehead atoms. The monoisotopic (exact) mass is 220 g/mol. The summed E-state index contributed by atoms with van der Waals surface area (Å²) in [5.41, 5.74) is -2.64. The molecule has 84 valence electrons. The Morgan fingerprint density at radius 1 is 0.875 bits per heavy atom. The Hall–Kier alpha value is -2.08. The maximum atomic E-state index is 11.3. The van der Waals surface area contributed by atoms with Gasteiger partial charge in [0.15, 0.2) is 0 Å². The Kier molecular flexibility index (Phi) is 4.02. The number of nitriles is 2. The quantitative estimate of drug-likeness (QED) is 0.658. The Labute approximate surface area is 93.6 Å². The molecule has 0 aromatic heterocycles. The summed E-state index contributed by atoms with van der Waals surface area (Å²) >= 11 is 0. The molecule has 0 aromatic carbocycles. The second kappa shape index (κ2) is 4.63. The van der Waals surface area contributed by atoms with Crippen LogP contribution in [0.2, 0.25) is 0 Å². The first-order valence-corrected chi connectivity index (χ1v) is 4.50. The van der Waals surface area contributed by atoms with Crippen LogP contribution in [0, 0.1) is 33.5 Å². The van der Waals surface area contributed by atoms with E-state index in [0.29, 0.717) is 0 Å². The van der Waals surface area contributed by atoms with Gasteiger partial charge in [0.2, 0.25) is 0 Å². The van der Waals surface area contributed by atoms with Gasteiger partial charge in [0.05, 0.1) is 12.1 Å². The minimum atomic E-state index is -1.32. The lowest BCUT2D eigenvalue weighted by molar-refractivity contribution is -0.127. The van der Waals surface area contributed by atoms with E-state index in [-0.39, 0.29) is 0 Å². The van der Waals surface area contributed by atoms with Crippen molar-refractivity contribution in [1.29, 1.82) is 10.5 Å². The fourth-order valence-electron chi connectivity index (χ4n) is 0.436. The molecule has 0 radical (unpaired) electrons. The zero-order chi connectivity index (χ0) is 13.0. The summed E-state index contributed by atoms with van der Waals surface area (Å²) in [6.07, 6.45) is 0. The molecule has 0 fully saturated rings. The van der Waals surface area contributed by atoms with Crippen molar-refractivity contribution in [1.82, 2.24) is 0 Å². The van der Waals surface area contributed by atoms with Crippen molar-refractivity contribution in [2.24, 2.45) is 21.1 Å². The third-order valence-corrected chi connectivity index (χ3v) is 1.86. The molecule has 0 heterocycles. The van der Waals surface area contributed by atoms with Crippen molar-refractivity contribution in [3.8, 4) is 12.1 Å². The molecule has 0 saturated heterocycles. The first-order valence-electron chi connectivity index (χ1n) is 4.50. The van der Waals surface area contributed by atoms with Gasteiger partial charge in [-0.25, -0.2) is 0 Å². The van der Waals surface area contributed by atoms with E-state index >= 15 is 0 Å². The van der Waals surface area contributed by atoms with Crippen LogP contribution < -0.4 is 0 Å². The van der Waals surface area contributed by atoms with E-state index < -0.39 is 22.6 Å². The van der Waals surface area contributed by atoms with Gasteiger partial charge in [0.25, 0.3) is 11.8 Å². The molecule has 0 unspecified atom stereocenters. The van der Waals surface area contributed by atoms with Crippen molar-refractivity contribution >= 4 is 11.8 Å². The topological polar surface area (TPSA) is 106 Å². The third kappa shape index (κ3) is 3.25. The van der Waals surface area contributed by atoms with E-state index in [4.69, 9.17) is 10.5 Å². The van der Waals surface area contributed by atoms with E-state index in [1.54, 1.807) is 12.1 Å². The highest BCUT2D eigenvalue weighted by Crippen LogP contribution is 2.18. The number of nitrogens with zero attached hydrogens (tertiary/aromatic N) is 4. The first-order chi connectivity index (χ1) is 7.17. The molecule has 16 heavy (non-hydrogen) atoms. The Bertz CT molecular complexity index is 381. The highest BCUT2D eigenvalue weighted by molar-refractivity contribution is 5.89. The van der Waals surface area contributed by atoms with Crippen LogP contribution in [0.15, 0.2) is 10.2 Å². The van der Waals surface area contributed by atoms with Crippen LogP contribution in [-0.4, -0.2) is 11.8 Å². The fraction of sp³-hybridized carbons (Fsp3) is 0.600. The van der Waals surface area contributed by atoms with Gasteiger partial charge in [-0.1, -0.05) is 0 Å². The summed E-state index contributed by atoms with van der Waals surface area (Å²) in [5.74, 6) is -1.62. The summed E-state index contributed by atoms with van der Waals surface area (Å²) < 4.78 is 0. The number of amides is 2. The van der Waals surface area contributed by atoms with Crippen LogP contribution in [0.25, 0.3) is 0 Å². The van der Waals surface area contributed by atoms with Crippen molar-refractivity contribution in [2.45, 2.75) is 27.7 Å². The lowest BCUT2D eigenvalue weighted by Crippen LogP contribution is -2.22. The molecule has 0 aromatic rings.